The van der Waals surface area contributed by atoms with Gasteiger partial charge in [0.25, 0.3) is 5.91 Å². The zero-order valence-electron chi connectivity index (χ0n) is 18.9. The molecule has 8 nitrogen and oxygen atoms in total. The number of guanidine groups is 1. The van der Waals surface area contributed by atoms with Crippen LogP contribution in [0.4, 0.5) is 4.79 Å². The molecule has 3 amide bonds. The minimum absolute atomic E-state index is 0.266. The summed E-state index contributed by atoms with van der Waals surface area (Å²) in [4.78, 5) is 38.3. The van der Waals surface area contributed by atoms with Gasteiger partial charge < -0.3 is 14.7 Å². The summed E-state index contributed by atoms with van der Waals surface area (Å²) in [5, 5.41) is 2.49. The molecule has 0 spiro atoms. The first-order chi connectivity index (χ1) is 16.1. The molecule has 33 heavy (non-hydrogen) atoms. The summed E-state index contributed by atoms with van der Waals surface area (Å²) in [6, 6.07) is 19.9. The Hall–Kier alpha value is -3.39. The van der Waals surface area contributed by atoms with Crippen LogP contribution >= 0.6 is 0 Å². The lowest BCUT2D eigenvalue weighted by Gasteiger charge is -2.40. The van der Waals surface area contributed by atoms with E-state index in [9.17, 15) is 9.59 Å². The number of rotatable bonds is 5. The van der Waals surface area contributed by atoms with Crippen LogP contribution < -0.4 is 5.32 Å². The second-order valence-electron chi connectivity index (χ2n) is 8.87. The van der Waals surface area contributed by atoms with Gasteiger partial charge in [0.1, 0.15) is 0 Å². The summed E-state index contributed by atoms with van der Waals surface area (Å²) in [6.07, 6.45) is 0.321. The number of nitrogens with zero attached hydrogens (tertiary/aromatic N) is 5. The van der Waals surface area contributed by atoms with E-state index in [-0.39, 0.29) is 11.9 Å². The Kier molecular flexibility index (Phi) is 6.00. The molecule has 8 heteroatoms. The monoisotopic (exact) mass is 446 g/mol. The number of carbonyl (C=O) groups is 2. The van der Waals surface area contributed by atoms with Gasteiger partial charge in [0.05, 0.1) is 0 Å². The van der Waals surface area contributed by atoms with Crippen LogP contribution in [0.2, 0.25) is 0 Å². The average molecular weight is 447 g/mol. The summed E-state index contributed by atoms with van der Waals surface area (Å²) in [6.45, 7) is 5.14. The molecule has 3 aliphatic rings. The summed E-state index contributed by atoms with van der Waals surface area (Å²) in [5.41, 5.74) is 2.53. The molecule has 2 aromatic carbocycles. The van der Waals surface area contributed by atoms with E-state index in [1.807, 2.05) is 24.3 Å². The van der Waals surface area contributed by atoms with Crippen LogP contribution in [0.1, 0.15) is 11.1 Å². The Labute approximate surface area is 194 Å². The van der Waals surface area contributed by atoms with Crippen molar-refractivity contribution in [1.82, 2.24) is 24.9 Å². The van der Waals surface area contributed by atoms with Crippen LogP contribution in [0.3, 0.4) is 0 Å². The molecule has 2 fully saturated rings. The highest BCUT2D eigenvalue weighted by Gasteiger charge is 2.49. The standard InChI is InChI=1S/C25H30N6O2/c1-28-22-21(23(32)27-25(28)33)31(13-12-19-8-4-2-5-9-19)24(26-22)30-16-14-29(15-17-30)18-20-10-6-3-7-11-20/h2-11,21-22H,12-18H2,1H3,(H,27,32,33). The fourth-order valence-corrected chi connectivity index (χ4v) is 4.86. The topological polar surface area (TPSA) is 71.5 Å². The summed E-state index contributed by atoms with van der Waals surface area (Å²) < 4.78 is 0. The summed E-state index contributed by atoms with van der Waals surface area (Å²) in [7, 11) is 1.71. The van der Waals surface area contributed by atoms with Crippen LogP contribution in [-0.4, -0.2) is 89.5 Å². The Morgan fingerprint density at radius 1 is 0.909 bits per heavy atom. The molecular formula is C25H30N6O2. The van der Waals surface area contributed by atoms with Crippen molar-refractivity contribution in [2.45, 2.75) is 25.2 Å². The van der Waals surface area contributed by atoms with E-state index in [0.717, 1.165) is 45.1 Å². The Morgan fingerprint density at radius 2 is 1.55 bits per heavy atom. The number of likely N-dealkylation sites (N-methyl/N-ethyl adjacent to an activating group) is 1. The zero-order valence-corrected chi connectivity index (χ0v) is 18.9. The first kappa shape index (κ1) is 21.5. The average Bonchev–Trinajstić information content (AvgIpc) is 3.23. The fraction of sp³-hybridized carbons (Fsp3) is 0.400. The van der Waals surface area contributed by atoms with E-state index in [1.54, 1.807) is 11.9 Å². The lowest BCUT2D eigenvalue weighted by atomic mass is 10.1. The quantitative estimate of drug-likeness (QED) is 0.756. The van der Waals surface area contributed by atoms with Gasteiger partial charge in [0.15, 0.2) is 18.2 Å². The molecule has 2 atom stereocenters. The third kappa shape index (κ3) is 4.43. The van der Waals surface area contributed by atoms with Crippen molar-refractivity contribution < 1.29 is 9.59 Å². The van der Waals surface area contributed by atoms with Crippen molar-refractivity contribution in [2.24, 2.45) is 4.99 Å². The molecule has 2 aromatic rings. The van der Waals surface area contributed by atoms with Crippen LogP contribution in [0.5, 0.6) is 0 Å². The van der Waals surface area contributed by atoms with Crippen molar-refractivity contribution in [2.75, 3.05) is 39.8 Å². The van der Waals surface area contributed by atoms with Crippen molar-refractivity contribution in [3.05, 3.63) is 71.8 Å². The number of urea groups is 1. The Bertz CT molecular complexity index is 1020. The van der Waals surface area contributed by atoms with Crippen molar-refractivity contribution in [1.29, 1.82) is 0 Å². The molecule has 0 bridgehead atoms. The predicted molar refractivity (Wildman–Crippen MR) is 126 cm³/mol. The van der Waals surface area contributed by atoms with Crippen LogP contribution in [0.15, 0.2) is 65.7 Å². The van der Waals surface area contributed by atoms with E-state index in [1.165, 1.54) is 11.1 Å². The molecule has 0 aliphatic carbocycles. The number of imide groups is 1. The number of aliphatic imine (C=N–C) groups is 1. The minimum Gasteiger partial charge on any atom is -0.340 e. The number of hydrogen-bond donors (Lipinski definition) is 1. The van der Waals surface area contributed by atoms with E-state index in [2.05, 4.69) is 56.4 Å². The number of amides is 3. The minimum atomic E-state index is -0.492. The summed E-state index contributed by atoms with van der Waals surface area (Å²) >= 11 is 0. The molecule has 0 saturated carbocycles. The maximum atomic E-state index is 12.8. The molecule has 1 N–H and O–H groups in total. The molecule has 3 heterocycles. The molecule has 172 valence electrons. The Balaban J connectivity index is 1.31. The van der Waals surface area contributed by atoms with Crippen LogP contribution in [0.25, 0.3) is 0 Å². The normalized spacial score (nSPS) is 23.4. The van der Waals surface area contributed by atoms with Gasteiger partial charge in [-0.05, 0) is 17.5 Å². The number of fused-ring (bicyclic) bond motifs is 1. The maximum Gasteiger partial charge on any atom is 0.325 e. The van der Waals surface area contributed by atoms with E-state index in [4.69, 9.17) is 4.99 Å². The van der Waals surface area contributed by atoms with Gasteiger partial charge in [0.2, 0.25) is 0 Å². The van der Waals surface area contributed by atoms with Crippen molar-refractivity contribution in [3.63, 3.8) is 0 Å². The molecule has 0 aromatic heterocycles. The van der Waals surface area contributed by atoms with Crippen LogP contribution in [-0.2, 0) is 17.8 Å². The molecule has 3 aliphatic heterocycles. The van der Waals surface area contributed by atoms with Gasteiger partial charge in [-0.1, -0.05) is 60.7 Å². The number of benzene rings is 2. The number of hydrogen-bond acceptors (Lipinski definition) is 6. The lowest BCUT2D eigenvalue weighted by molar-refractivity contribution is -0.127. The van der Waals surface area contributed by atoms with Gasteiger partial charge in [-0.25, -0.2) is 9.79 Å². The highest BCUT2D eigenvalue weighted by atomic mass is 16.2. The lowest BCUT2D eigenvalue weighted by Crippen LogP contribution is -2.64. The second-order valence-corrected chi connectivity index (χ2v) is 8.87. The second kappa shape index (κ2) is 9.23. The highest BCUT2D eigenvalue weighted by Crippen LogP contribution is 2.26. The Morgan fingerprint density at radius 3 is 2.21 bits per heavy atom. The molecule has 2 unspecified atom stereocenters. The number of carbonyl (C=O) groups excluding carboxylic acids is 2. The molecule has 5 rings (SSSR count). The third-order valence-corrected chi connectivity index (χ3v) is 6.73. The third-order valence-electron chi connectivity index (χ3n) is 6.73. The number of piperazine rings is 1. The van der Waals surface area contributed by atoms with Gasteiger partial charge in [-0.2, -0.15) is 0 Å². The van der Waals surface area contributed by atoms with Gasteiger partial charge in [-0.15, -0.1) is 0 Å². The van der Waals surface area contributed by atoms with Gasteiger partial charge in [-0.3, -0.25) is 15.0 Å². The maximum absolute atomic E-state index is 12.8. The van der Waals surface area contributed by atoms with Crippen molar-refractivity contribution in [3.8, 4) is 0 Å². The first-order valence-electron chi connectivity index (χ1n) is 11.6. The smallest absolute Gasteiger partial charge is 0.325 e. The highest BCUT2D eigenvalue weighted by molar-refractivity contribution is 6.03. The zero-order chi connectivity index (χ0) is 22.8. The fourth-order valence-electron chi connectivity index (χ4n) is 4.86. The van der Waals surface area contributed by atoms with E-state index in [0.29, 0.717) is 6.54 Å². The SMILES string of the molecule is CN1C(=O)NC(=O)C2C1N=C(N1CCN(Cc3ccccc3)CC1)N2CCc1ccccc1. The largest absolute Gasteiger partial charge is 0.340 e. The first-order valence-corrected chi connectivity index (χ1v) is 11.6. The molecular weight excluding hydrogens is 416 g/mol. The van der Waals surface area contributed by atoms with Gasteiger partial charge >= 0.3 is 6.03 Å². The summed E-state index contributed by atoms with van der Waals surface area (Å²) in [5.74, 6) is 0.564. The van der Waals surface area contributed by atoms with E-state index < -0.39 is 12.2 Å². The molecule has 2 saturated heterocycles. The molecule has 0 radical (unpaired) electrons. The number of nitrogens with one attached hydrogen (secondary N) is 1. The van der Waals surface area contributed by atoms with Gasteiger partial charge in [0, 0.05) is 46.3 Å². The van der Waals surface area contributed by atoms with E-state index >= 15 is 0 Å². The predicted octanol–water partition coefficient (Wildman–Crippen LogP) is 1.59. The van der Waals surface area contributed by atoms with Crippen LogP contribution in [0, 0.1) is 0 Å². The van der Waals surface area contributed by atoms with Crippen molar-refractivity contribution >= 4 is 17.9 Å².